The third-order valence-electron chi connectivity index (χ3n) is 3.61. The fourth-order valence-electron chi connectivity index (χ4n) is 2.43. The summed E-state index contributed by atoms with van der Waals surface area (Å²) >= 11 is 2.40. The van der Waals surface area contributed by atoms with Crippen LogP contribution in [-0.2, 0) is 6.54 Å². The van der Waals surface area contributed by atoms with Crippen LogP contribution in [-0.4, -0.2) is 0 Å². The molecule has 3 rings (SSSR count). The summed E-state index contributed by atoms with van der Waals surface area (Å²) in [6, 6.07) is 15.2. The molecule has 0 unspecified atom stereocenters. The molecule has 1 nitrogen and oxygen atoms in total. The highest BCUT2D eigenvalue weighted by Crippen LogP contribution is 2.31. The van der Waals surface area contributed by atoms with E-state index in [1.165, 1.54) is 31.4 Å². The average molecular weight is 373 g/mol. The topological polar surface area (TPSA) is 26.0 Å². The zero-order chi connectivity index (χ0) is 13.9. The van der Waals surface area contributed by atoms with Crippen molar-refractivity contribution in [3.8, 4) is 11.1 Å². The summed E-state index contributed by atoms with van der Waals surface area (Å²) in [5.41, 5.74) is 12.1. The van der Waals surface area contributed by atoms with E-state index < -0.39 is 0 Å². The van der Waals surface area contributed by atoms with Gasteiger partial charge in [0.2, 0.25) is 0 Å². The second-order valence-corrected chi connectivity index (χ2v) is 6.08. The normalized spacial score (nSPS) is 13.6. The van der Waals surface area contributed by atoms with E-state index in [0.717, 1.165) is 6.42 Å². The Morgan fingerprint density at radius 1 is 1.00 bits per heavy atom. The summed E-state index contributed by atoms with van der Waals surface area (Å²) in [7, 11) is 0. The van der Waals surface area contributed by atoms with Crippen molar-refractivity contribution in [2.24, 2.45) is 5.73 Å². The maximum atomic E-state index is 5.66. The molecule has 2 aromatic rings. The molecule has 0 saturated heterocycles. The lowest BCUT2D eigenvalue weighted by Gasteiger charge is -2.10. The summed E-state index contributed by atoms with van der Waals surface area (Å²) in [5, 5.41) is 0. The van der Waals surface area contributed by atoms with Crippen LogP contribution < -0.4 is 5.73 Å². The fraction of sp³-hybridized carbons (Fsp3) is 0.111. The molecular formula is C18H16IN. The van der Waals surface area contributed by atoms with E-state index >= 15 is 0 Å². The molecule has 20 heavy (non-hydrogen) atoms. The number of benzene rings is 2. The van der Waals surface area contributed by atoms with Crippen LogP contribution in [0.5, 0.6) is 0 Å². The standard InChI is InChI=1S/C18H16IN/c19-18-10-9-16(14-3-1-2-4-14)11-17(18)15-7-5-13(12-20)6-8-15/h1-3,5-11H,4,12,20H2. The Balaban J connectivity index is 2.01. The number of rotatable bonds is 3. The van der Waals surface area contributed by atoms with Crippen molar-refractivity contribution in [3.05, 3.63) is 75.4 Å². The zero-order valence-corrected chi connectivity index (χ0v) is 13.3. The molecular weight excluding hydrogens is 357 g/mol. The number of hydrogen-bond donors (Lipinski definition) is 1. The van der Waals surface area contributed by atoms with Crippen LogP contribution in [0.4, 0.5) is 0 Å². The molecule has 1 aliphatic rings. The van der Waals surface area contributed by atoms with Gasteiger partial charge in [-0.15, -0.1) is 0 Å². The summed E-state index contributed by atoms with van der Waals surface area (Å²) in [6.07, 6.45) is 7.56. The number of halogens is 1. The first-order chi connectivity index (χ1) is 9.78. The second-order valence-electron chi connectivity index (χ2n) is 4.92. The van der Waals surface area contributed by atoms with Gasteiger partial charge >= 0.3 is 0 Å². The highest BCUT2D eigenvalue weighted by molar-refractivity contribution is 14.1. The summed E-state index contributed by atoms with van der Waals surface area (Å²) in [4.78, 5) is 0. The molecule has 0 saturated carbocycles. The Morgan fingerprint density at radius 3 is 2.40 bits per heavy atom. The zero-order valence-electron chi connectivity index (χ0n) is 11.1. The van der Waals surface area contributed by atoms with Crippen molar-refractivity contribution < 1.29 is 0 Å². The predicted molar refractivity (Wildman–Crippen MR) is 94.2 cm³/mol. The van der Waals surface area contributed by atoms with Gasteiger partial charge in [-0.25, -0.2) is 0 Å². The van der Waals surface area contributed by atoms with Gasteiger partial charge in [0.25, 0.3) is 0 Å². The summed E-state index contributed by atoms with van der Waals surface area (Å²) in [5.74, 6) is 0. The SMILES string of the molecule is NCc1ccc(-c2cc(C3=CC=CC3)ccc2I)cc1. The molecule has 0 spiro atoms. The molecule has 0 bridgehead atoms. The van der Waals surface area contributed by atoms with Crippen molar-refractivity contribution in [2.75, 3.05) is 0 Å². The van der Waals surface area contributed by atoms with Gasteiger partial charge in [-0.05, 0) is 69.0 Å². The fourth-order valence-corrected chi connectivity index (χ4v) is 3.07. The maximum absolute atomic E-state index is 5.66. The van der Waals surface area contributed by atoms with Crippen LogP contribution in [0.1, 0.15) is 17.5 Å². The minimum absolute atomic E-state index is 0.593. The number of allylic oxidation sites excluding steroid dienone is 4. The summed E-state index contributed by atoms with van der Waals surface area (Å²) < 4.78 is 1.28. The van der Waals surface area contributed by atoms with Gasteiger partial charge in [-0.2, -0.15) is 0 Å². The highest BCUT2D eigenvalue weighted by Gasteiger charge is 2.08. The first-order valence-electron chi connectivity index (χ1n) is 6.73. The van der Waals surface area contributed by atoms with Crippen LogP contribution in [0, 0.1) is 3.57 Å². The minimum atomic E-state index is 0.593. The first-order valence-corrected chi connectivity index (χ1v) is 7.81. The van der Waals surface area contributed by atoms with E-state index in [9.17, 15) is 0 Å². The molecule has 2 aromatic carbocycles. The van der Waals surface area contributed by atoms with Crippen molar-refractivity contribution in [1.29, 1.82) is 0 Å². The molecule has 2 heteroatoms. The Hall–Kier alpha value is -1.39. The third-order valence-corrected chi connectivity index (χ3v) is 4.55. The third kappa shape index (κ3) is 2.72. The lowest BCUT2D eigenvalue weighted by molar-refractivity contribution is 1.07. The largest absolute Gasteiger partial charge is 0.326 e. The van der Waals surface area contributed by atoms with Crippen LogP contribution in [0.2, 0.25) is 0 Å². The van der Waals surface area contributed by atoms with Crippen molar-refractivity contribution in [1.82, 2.24) is 0 Å². The van der Waals surface area contributed by atoms with Gasteiger partial charge in [-0.3, -0.25) is 0 Å². The predicted octanol–water partition coefficient (Wildman–Crippen LogP) is 4.76. The first kappa shape index (κ1) is 13.6. The molecule has 2 N–H and O–H groups in total. The average Bonchev–Trinajstić information content (AvgIpc) is 3.02. The van der Waals surface area contributed by atoms with Crippen LogP contribution in [0.3, 0.4) is 0 Å². The van der Waals surface area contributed by atoms with Crippen LogP contribution >= 0.6 is 22.6 Å². The van der Waals surface area contributed by atoms with Gasteiger partial charge < -0.3 is 5.73 Å². The van der Waals surface area contributed by atoms with Gasteiger partial charge in [0.1, 0.15) is 0 Å². The monoisotopic (exact) mass is 373 g/mol. The van der Waals surface area contributed by atoms with Gasteiger partial charge in [0.15, 0.2) is 0 Å². The molecule has 0 radical (unpaired) electrons. The van der Waals surface area contributed by atoms with Crippen LogP contribution in [0.15, 0.2) is 60.7 Å². The van der Waals surface area contributed by atoms with Crippen LogP contribution in [0.25, 0.3) is 16.7 Å². The van der Waals surface area contributed by atoms with E-state index in [2.05, 4.69) is 83.3 Å². The molecule has 0 heterocycles. The minimum Gasteiger partial charge on any atom is -0.326 e. The van der Waals surface area contributed by atoms with E-state index in [-0.39, 0.29) is 0 Å². The molecule has 0 aromatic heterocycles. The molecule has 0 fully saturated rings. The van der Waals surface area contributed by atoms with Crippen molar-refractivity contribution in [2.45, 2.75) is 13.0 Å². The Kier molecular flexibility index (Phi) is 4.03. The van der Waals surface area contributed by atoms with Gasteiger partial charge in [0.05, 0.1) is 0 Å². The molecule has 0 aliphatic heterocycles. The number of nitrogens with two attached hydrogens (primary N) is 1. The molecule has 0 amide bonds. The van der Waals surface area contributed by atoms with Crippen molar-refractivity contribution in [3.63, 3.8) is 0 Å². The Bertz CT molecular complexity index is 681. The Morgan fingerprint density at radius 2 is 1.75 bits per heavy atom. The van der Waals surface area contributed by atoms with E-state index in [1.54, 1.807) is 0 Å². The summed E-state index contributed by atoms with van der Waals surface area (Å²) in [6.45, 7) is 0.593. The molecule has 100 valence electrons. The molecule has 1 aliphatic carbocycles. The van der Waals surface area contributed by atoms with Gasteiger partial charge in [-0.1, -0.05) is 48.6 Å². The lowest BCUT2D eigenvalue weighted by Crippen LogP contribution is -1.95. The van der Waals surface area contributed by atoms with E-state index in [1.807, 2.05) is 0 Å². The van der Waals surface area contributed by atoms with E-state index in [4.69, 9.17) is 5.73 Å². The lowest BCUT2D eigenvalue weighted by atomic mass is 9.98. The Labute approximate surface area is 133 Å². The van der Waals surface area contributed by atoms with E-state index in [0.29, 0.717) is 6.54 Å². The second kappa shape index (κ2) is 5.94. The van der Waals surface area contributed by atoms with Crippen molar-refractivity contribution >= 4 is 28.2 Å². The quantitative estimate of drug-likeness (QED) is 0.772. The smallest absolute Gasteiger partial charge is 0.0209 e. The van der Waals surface area contributed by atoms with Gasteiger partial charge in [0, 0.05) is 10.1 Å². The maximum Gasteiger partial charge on any atom is 0.0209 e. The highest BCUT2D eigenvalue weighted by atomic mass is 127. The number of hydrogen-bond acceptors (Lipinski definition) is 1. The molecule has 0 atom stereocenters.